The molecule has 0 saturated carbocycles. The van der Waals surface area contributed by atoms with Crippen molar-refractivity contribution in [1.82, 2.24) is 9.80 Å². The SMILES string of the molecule is Cc1cc(B2OC(C)(C)C(C)(C)O2)ccc1N1CCN(C(=O)OC(C)(C)C)CC1.Cc1cc(Br)ccc1N1CCN(C(=O)OC(C)(C)C)CC1. The van der Waals surface area contributed by atoms with Crippen LogP contribution in [0.3, 0.4) is 0 Å². The van der Waals surface area contributed by atoms with E-state index in [4.69, 9.17) is 18.8 Å². The Bertz CT molecular complexity index is 1490. The minimum atomic E-state index is -0.464. The van der Waals surface area contributed by atoms with Gasteiger partial charge in [-0.15, -0.1) is 0 Å². The van der Waals surface area contributed by atoms with Crippen molar-refractivity contribution in [1.29, 1.82) is 0 Å². The van der Waals surface area contributed by atoms with Crippen LogP contribution in [0.5, 0.6) is 0 Å². The summed E-state index contributed by atoms with van der Waals surface area (Å²) in [4.78, 5) is 32.5. The van der Waals surface area contributed by atoms with Gasteiger partial charge in [0.1, 0.15) is 11.2 Å². The summed E-state index contributed by atoms with van der Waals surface area (Å²) in [5.74, 6) is 0. The topological polar surface area (TPSA) is 84.0 Å². The number of rotatable bonds is 3. The first-order valence-electron chi connectivity index (χ1n) is 17.7. The number of amides is 2. The molecule has 10 nitrogen and oxygen atoms in total. The highest BCUT2D eigenvalue weighted by molar-refractivity contribution is 9.10. The monoisotopic (exact) mass is 756 g/mol. The maximum Gasteiger partial charge on any atom is 0.494 e. The molecule has 3 aliphatic heterocycles. The van der Waals surface area contributed by atoms with Gasteiger partial charge in [-0.2, -0.15) is 0 Å². The lowest BCUT2D eigenvalue weighted by molar-refractivity contribution is 0.00578. The van der Waals surface area contributed by atoms with E-state index in [1.807, 2.05) is 41.5 Å². The minimum Gasteiger partial charge on any atom is -0.444 e. The van der Waals surface area contributed by atoms with Gasteiger partial charge in [-0.3, -0.25) is 0 Å². The van der Waals surface area contributed by atoms with Crippen molar-refractivity contribution in [2.24, 2.45) is 0 Å². The van der Waals surface area contributed by atoms with Crippen LogP contribution in [0.1, 0.15) is 80.4 Å². The van der Waals surface area contributed by atoms with E-state index in [1.54, 1.807) is 9.80 Å². The average Bonchev–Trinajstić information content (AvgIpc) is 3.22. The molecule has 3 fully saturated rings. The molecule has 0 unspecified atom stereocenters. The van der Waals surface area contributed by atoms with Gasteiger partial charge in [0, 0.05) is 68.2 Å². The van der Waals surface area contributed by atoms with Crippen molar-refractivity contribution < 1.29 is 28.4 Å². The first-order valence-corrected chi connectivity index (χ1v) is 18.5. The molecule has 50 heavy (non-hydrogen) atoms. The summed E-state index contributed by atoms with van der Waals surface area (Å²) in [5, 5.41) is 0. The van der Waals surface area contributed by atoms with Gasteiger partial charge in [0.25, 0.3) is 0 Å². The number of benzene rings is 2. The standard InChI is InChI=1S/C22H35BN2O4.C16H23BrN2O2/c1-16-15-17(23-28-21(5,6)22(7,8)29-23)9-10-18(16)24-11-13-25(14-12-24)19(26)27-20(2,3)4;1-12-11-13(17)5-6-14(12)18-7-9-19(10-8-18)15(20)21-16(2,3)4/h9-10,15H,11-14H2,1-8H3;5-6,11H,7-10H2,1-4H3. The Hall–Kier alpha value is -2.96. The summed E-state index contributed by atoms with van der Waals surface area (Å²) in [7, 11) is -0.350. The number of hydrogen-bond acceptors (Lipinski definition) is 8. The van der Waals surface area contributed by atoms with Crippen molar-refractivity contribution in [2.45, 2.75) is 105 Å². The zero-order valence-electron chi connectivity index (χ0n) is 32.3. The van der Waals surface area contributed by atoms with E-state index in [9.17, 15) is 9.59 Å². The highest BCUT2D eigenvalue weighted by Crippen LogP contribution is 2.37. The van der Waals surface area contributed by atoms with Crippen LogP contribution in [0.15, 0.2) is 40.9 Å². The van der Waals surface area contributed by atoms with Crippen LogP contribution in [0.4, 0.5) is 21.0 Å². The number of ether oxygens (including phenoxy) is 2. The second-order valence-corrected chi connectivity index (χ2v) is 17.4. The summed E-state index contributed by atoms with van der Waals surface area (Å²) < 4.78 is 24.4. The van der Waals surface area contributed by atoms with E-state index in [0.29, 0.717) is 26.2 Å². The number of piperazine rings is 2. The predicted molar refractivity (Wildman–Crippen MR) is 206 cm³/mol. The molecule has 0 spiro atoms. The first kappa shape index (κ1) is 39.8. The van der Waals surface area contributed by atoms with E-state index in [2.05, 4.69) is 104 Å². The Morgan fingerprint density at radius 1 is 0.660 bits per heavy atom. The van der Waals surface area contributed by atoms with Gasteiger partial charge in [0.15, 0.2) is 0 Å². The van der Waals surface area contributed by atoms with Crippen LogP contribution in [-0.2, 0) is 18.8 Å². The van der Waals surface area contributed by atoms with Crippen LogP contribution in [0, 0.1) is 13.8 Å². The third-order valence-electron chi connectivity index (χ3n) is 9.45. The van der Waals surface area contributed by atoms with Gasteiger partial charge in [-0.25, -0.2) is 9.59 Å². The molecule has 5 rings (SSSR count). The van der Waals surface area contributed by atoms with E-state index in [-0.39, 0.29) is 30.5 Å². The molecule has 0 radical (unpaired) electrons. The second kappa shape index (κ2) is 15.3. The van der Waals surface area contributed by atoms with Crippen molar-refractivity contribution in [3.8, 4) is 0 Å². The summed E-state index contributed by atoms with van der Waals surface area (Å²) >= 11 is 3.49. The Labute approximate surface area is 309 Å². The van der Waals surface area contributed by atoms with Gasteiger partial charge in [-0.1, -0.05) is 28.1 Å². The fraction of sp³-hybridized carbons (Fsp3) is 0.632. The molecule has 0 bridgehead atoms. The highest BCUT2D eigenvalue weighted by Gasteiger charge is 2.51. The van der Waals surface area contributed by atoms with Gasteiger partial charge in [-0.05, 0) is 124 Å². The van der Waals surface area contributed by atoms with Crippen molar-refractivity contribution in [3.63, 3.8) is 0 Å². The largest absolute Gasteiger partial charge is 0.494 e. The number of halogens is 1. The third-order valence-corrected chi connectivity index (χ3v) is 9.94. The van der Waals surface area contributed by atoms with Crippen molar-refractivity contribution in [3.05, 3.63) is 52.0 Å². The Morgan fingerprint density at radius 2 is 1.04 bits per heavy atom. The number of anilines is 2. The number of aryl methyl sites for hydroxylation is 2. The second-order valence-electron chi connectivity index (χ2n) is 16.5. The fourth-order valence-electron chi connectivity index (χ4n) is 6.05. The quantitative estimate of drug-likeness (QED) is 0.305. The van der Waals surface area contributed by atoms with Gasteiger partial charge < -0.3 is 38.4 Å². The molecule has 0 aromatic heterocycles. The molecule has 276 valence electrons. The van der Waals surface area contributed by atoms with Crippen LogP contribution >= 0.6 is 15.9 Å². The first-order chi connectivity index (χ1) is 23.0. The molecular weight excluding hydrogens is 699 g/mol. The van der Waals surface area contributed by atoms with Crippen molar-refractivity contribution >= 4 is 52.1 Å². The zero-order valence-corrected chi connectivity index (χ0v) is 33.9. The molecule has 2 aromatic rings. The fourth-order valence-corrected chi connectivity index (χ4v) is 6.52. The highest BCUT2D eigenvalue weighted by atomic mass is 79.9. The van der Waals surface area contributed by atoms with E-state index >= 15 is 0 Å². The Balaban J connectivity index is 0.000000237. The average molecular weight is 758 g/mol. The summed E-state index contributed by atoms with van der Waals surface area (Å²) in [6.45, 7) is 29.8. The molecule has 12 heteroatoms. The lowest BCUT2D eigenvalue weighted by Crippen LogP contribution is -2.50. The molecule has 3 aliphatic rings. The van der Waals surface area contributed by atoms with Crippen LogP contribution in [0.2, 0.25) is 0 Å². The molecule has 3 heterocycles. The minimum absolute atomic E-state index is 0.213. The van der Waals surface area contributed by atoms with Crippen LogP contribution in [-0.4, -0.2) is 104 Å². The smallest absolute Gasteiger partial charge is 0.444 e. The lowest BCUT2D eigenvalue weighted by Gasteiger charge is -2.37. The van der Waals surface area contributed by atoms with Gasteiger partial charge in [0.05, 0.1) is 11.2 Å². The van der Waals surface area contributed by atoms with E-state index in [1.165, 1.54) is 22.5 Å². The molecule has 2 amide bonds. The van der Waals surface area contributed by atoms with Crippen LogP contribution in [0.25, 0.3) is 0 Å². The van der Waals surface area contributed by atoms with Gasteiger partial charge in [0.2, 0.25) is 0 Å². The van der Waals surface area contributed by atoms with E-state index < -0.39 is 11.2 Å². The molecular formula is C38H58BBrN4O6. The zero-order chi connectivity index (χ0) is 37.2. The summed E-state index contributed by atoms with van der Waals surface area (Å²) in [6, 6.07) is 12.7. The number of carbonyl (C=O) groups is 2. The molecule has 0 N–H and O–H groups in total. The molecule has 2 aromatic carbocycles. The van der Waals surface area contributed by atoms with E-state index in [0.717, 1.165) is 36.1 Å². The maximum absolute atomic E-state index is 12.3. The molecule has 0 atom stereocenters. The number of nitrogens with zero attached hydrogens (tertiary/aromatic N) is 4. The normalized spacial score (nSPS) is 19.2. The summed E-state index contributed by atoms with van der Waals surface area (Å²) in [6.07, 6.45) is -0.445. The van der Waals surface area contributed by atoms with Crippen LogP contribution < -0.4 is 15.3 Å². The Morgan fingerprint density at radius 3 is 1.40 bits per heavy atom. The number of carbonyl (C=O) groups excluding carboxylic acids is 2. The number of hydrogen-bond donors (Lipinski definition) is 0. The molecule has 0 aliphatic carbocycles. The third kappa shape index (κ3) is 10.3. The maximum atomic E-state index is 12.3. The van der Waals surface area contributed by atoms with Crippen molar-refractivity contribution in [2.75, 3.05) is 62.2 Å². The molecule has 3 saturated heterocycles. The van der Waals surface area contributed by atoms with Gasteiger partial charge >= 0.3 is 19.3 Å². The summed E-state index contributed by atoms with van der Waals surface area (Å²) in [5.41, 5.74) is 4.31. The lowest BCUT2D eigenvalue weighted by atomic mass is 9.78. The predicted octanol–water partition coefficient (Wildman–Crippen LogP) is 7.17. The Kier molecular flexibility index (Phi) is 12.2.